The standard InChI is InChI=1S/C14H15F4N3O2S2/c1-4-25(23)12-19-21(13(22)20(12)3)10-6-11(8(2)5-9(10)15)24-7-14(16,17)18/h5-6H,4,7H2,1-3H3. The van der Waals surface area contributed by atoms with Crippen LogP contribution in [0.5, 0.6) is 0 Å². The topological polar surface area (TPSA) is 62.9 Å². The number of aryl methyl sites for hydroxylation is 1. The van der Waals surface area contributed by atoms with E-state index >= 15 is 0 Å². The highest BCUT2D eigenvalue weighted by atomic mass is 32.2. The van der Waals surface area contributed by atoms with Gasteiger partial charge in [0.15, 0.2) is 0 Å². The Bertz CT molecular complexity index is 833. The second kappa shape index (κ2) is 7.42. The summed E-state index contributed by atoms with van der Waals surface area (Å²) in [5.74, 6) is -1.73. The Kier molecular flexibility index (Phi) is 5.89. The van der Waals surface area contributed by atoms with Crippen LogP contribution in [0.3, 0.4) is 0 Å². The van der Waals surface area contributed by atoms with E-state index in [2.05, 4.69) is 5.10 Å². The Hall–Kier alpha value is -1.46. The molecule has 1 atom stereocenters. The number of rotatable bonds is 5. The second-order valence-corrected chi connectivity index (χ2v) is 7.79. The van der Waals surface area contributed by atoms with E-state index < -0.39 is 34.6 Å². The highest BCUT2D eigenvalue weighted by Crippen LogP contribution is 2.31. The van der Waals surface area contributed by atoms with E-state index in [0.717, 1.165) is 21.4 Å². The number of nitrogens with zero attached hydrogens (tertiary/aromatic N) is 3. The number of benzene rings is 1. The Balaban J connectivity index is 2.51. The molecule has 0 saturated heterocycles. The van der Waals surface area contributed by atoms with Crippen LogP contribution in [0.15, 0.2) is 27.0 Å². The van der Waals surface area contributed by atoms with Gasteiger partial charge in [0.1, 0.15) is 17.3 Å². The molecule has 0 spiro atoms. The predicted molar refractivity (Wildman–Crippen MR) is 87.2 cm³/mol. The van der Waals surface area contributed by atoms with Gasteiger partial charge in [0.25, 0.3) is 0 Å². The number of halogens is 4. The number of aromatic nitrogens is 3. The van der Waals surface area contributed by atoms with Crippen molar-refractivity contribution in [1.82, 2.24) is 14.3 Å². The highest BCUT2D eigenvalue weighted by Gasteiger charge is 2.28. The maximum Gasteiger partial charge on any atom is 0.398 e. The van der Waals surface area contributed by atoms with Gasteiger partial charge in [-0.05, 0) is 31.5 Å². The van der Waals surface area contributed by atoms with E-state index in [-0.39, 0.29) is 21.5 Å². The van der Waals surface area contributed by atoms with E-state index in [9.17, 15) is 26.9 Å². The molecule has 25 heavy (non-hydrogen) atoms. The smallest absolute Gasteiger partial charge is 0.398 e. The first kappa shape index (κ1) is 19.9. The summed E-state index contributed by atoms with van der Waals surface area (Å²) in [6.07, 6.45) is -4.38. The van der Waals surface area contributed by atoms with Gasteiger partial charge in [-0.2, -0.15) is 17.9 Å². The monoisotopic (exact) mass is 397 g/mol. The molecular weight excluding hydrogens is 382 g/mol. The van der Waals surface area contributed by atoms with Gasteiger partial charge in [-0.3, -0.25) is 0 Å². The van der Waals surface area contributed by atoms with Crippen molar-refractivity contribution in [2.45, 2.75) is 30.1 Å². The van der Waals surface area contributed by atoms with Crippen LogP contribution in [-0.4, -0.2) is 36.6 Å². The van der Waals surface area contributed by atoms with Crippen molar-refractivity contribution in [1.29, 1.82) is 0 Å². The molecule has 0 bridgehead atoms. The van der Waals surface area contributed by atoms with Crippen LogP contribution in [0, 0.1) is 12.7 Å². The maximum atomic E-state index is 14.3. The molecule has 138 valence electrons. The lowest BCUT2D eigenvalue weighted by Gasteiger charge is -2.11. The summed E-state index contributed by atoms with van der Waals surface area (Å²) < 4.78 is 65.2. The van der Waals surface area contributed by atoms with Gasteiger partial charge in [-0.1, -0.05) is 5.10 Å². The average Bonchev–Trinajstić information content (AvgIpc) is 2.81. The van der Waals surface area contributed by atoms with Crippen LogP contribution >= 0.6 is 11.8 Å². The summed E-state index contributed by atoms with van der Waals surface area (Å²) in [6, 6.07) is 2.19. The van der Waals surface area contributed by atoms with Crippen molar-refractivity contribution >= 4 is 22.9 Å². The van der Waals surface area contributed by atoms with E-state index in [0.29, 0.717) is 17.3 Å². The molecule has 0 aliphatic rings. The third-order valence-corrected chi connectivity index (χ3v) is 5.78. The average molecular weight is 397 g/mol. The molecule has 2 rings (SSSR count). The Morgan fingerprint density at radius 1 is 1.36 bits per heavy atom. The van der Waals surface area contributed by atoms with Crippen molar-refractivity contribution < 1.29 is 22.1 Å². The lowest BCUT2D eigenvalue weighted by molar-refractivity contribution is -0.105. The number of alkyl halides is 3. The minimum Gasteiger partial charge on any atom is -0.609 e. The van der Waals surface area contributed by atoms with Crippen molar-refractivity contribution in [3.8, 4) is 5.69 Å². The first-order valence-corrected chi connectivity index (χ1v) is 9.40. The lowest BCUT2D eigenvalue weighted by Crippen LogP contribution is -2.23. The fourth-order valence-electron chi connectivity index (χ4n) is 2.02. The summed E-state index contributed by atoms with van der Waals surface area (Å²) in [7, 11) is 1.35. The largest absolute Gasteiger partial charge is 0.609 e. The third-order valence-electron chi connectivity index (χ3n) is 3.27. The molecule has 11 heteroatoms. The predicted octanol–water partition coefficient (Wildman–Crippen LogP) is 2.80. The first-order valence-electron chi connectivity index (χ1n) is 7.09. The van der Waals surface area contributed by atoms with Gasteiger partial charge < -0.3 is 4.55 Å². The molecule has 0 saturated carbocycles. The van der Waals surface area contributed by atoms with Gasteiger partial charge in [0.2, 0.25) is 0 Å². The van der Waals surface area contributed by atoms with Crippen molar-refractivity contribution in [3.05, 3.63) is 34.0 Å². The maximum absolute atomic E-state index is 14.3. The van der Waals surface area contributed by atoms with Crippen LogP contribution < -0.4 is 5.69 Å². The van der Waals surface area contributed by atoms with Crippen LogP contribution in [0.2, 0.25) is 0 Å². The molecule has 0 aliphatic carbocycles. The normalized spacial score (nSPS) is 13.3. The molecule has 0 fully saturated rings. The van der Waals surface area contributed by atoms with Crippen molar-refractivity contribution in [3.63, 3.8) is 0 Å². The van der Waals surface area contributed by atoms with Crippen molar-refractivity contribution in [2.24, 2.45) is 7.05 Å². The number of thioether (sulfide) groups is 1. The van der Waals surface area contributed by atoms with E-state index in [1.807, 2.05) is 0 Å². The third kappa shape index (κ3) is 4.39. The van der Waals surface area contributed by atoms with Gasteiger partial charge in [-0.15, -0.1) is 11.8 Å². The number of hydrogen-bond acceptors (Lipinski definition) is 4. The van der Waals surface area contributed by atoms with Crippen molar-refractivity contribution in [2.75, 3.05) is 11.5 Å². The summed E-state index contributed by atoms with van der Waals surface area (Å²) in [5.41, 5.74) is -0.696. The molecule has 1 unspecified atom stereocenters. The second-order valence-electron chi connectivity index (χ2n) is 5.14. The lowest BCUT2D eigenvalue weighted by atomic mass is 10.2. The fourth-order valence-corrected chi connectivity index (χ4v) is 3.64. The highest BCUT2D eigenvalue weighted by molar-refractivity contribution is 7.99. The summed E-state index contributed by atoms with van der Waals surface area (Å²) in [6.45, 7) is 3.11. The van der Waals surface area contributed by atoms with Gasteiger partial charge in [0.05, 0.1) is 5.75 Å². The summed E-state index contributed by atoms with van der Waals surface area (Å²) in [4.78, 5) is 12.4. The molecule has 5 nitrogen and oxygen atoms in total. The molecule has 2 aromatic rings. The van der Waals surface area contributed by atoms with Crippen LogP contribution in [-0.2, 0) is 18.2 Å². The Labute approximate surface area is 148 Å². The minimum atomic E-state index is -4.38. The first-order chi connectivity index (χ1) is 11.5. The van der Waals surface area contributed by atoms with E-state index in [4.69, 9.17) is 0 Å². The van der Waals surface area contributed by atoms with E-state index in [1.165, 1.54) is 14.0 Å². The minimum absolute atomic E-state index is 0.0306. The molecule has 0 radical (unpaired) electrons. The van der Waals surface area contributed by atoms with E-state index in [1.54, 1.807) is 6.92 Å². The number of hydrogen-bond donors (Lipinski definition) is 0. The molecule has 1 aromatic carbocycles. The molecule has 0 aliphatic heterocycles. The Morgan fingerprint density at radius 2 is 2.00 bits per heavy atom. The van der Waals surface area contributed by atoms with Crippen LogP contribution in [0.4, 0.5) is 17.6 Å². The molecule has 1 heterocycles. The van der Waals surface area contributed by atoms with Crippen LogP contribution in [0.1, 0.15) is 12.5 Å². The fraction of sp³-hybridized carbons (Fsp3) is 0.429. The molecule has 0 N–H and O–H groups in total. The van der Waals surface area contributed by atoms with Gasteiger partial charge in [0, 0.05) is 23.1 Å². The SMILES string of the molecule is CC[S+]([O-])c1nn(-c2cc(SCC(F)(F)F)c(C)cc2F)c(=O)n1C. The van der Waals surface area contributed by atoms with Gasteiger partial charge in [-0.25, -0.2) is 13.8 Å². The zero-order valence-electron chi connectivity index (χ0n) is 13.6. The van der Waals surface area contributed by atoms with Gasteiger partial charge >= 0.3 is 17.0 Å². The zero-order valence-corrected chi connectivity index (χ0v) is 15.2. The molecular formula is C14H15F4N3O2S2. The summed E-state index contributed by atoms with van der Waals surface area (Å²) >= 11 is -1.04. The Morgan fingerprint density at radius 3 is 2.56 bits per heavy atom. The van der Waals surface area contributed by atoms with Crippen LogP contribution in [0.25, 0.3) is 5.69 Å². The molecule has 1 aromatic heterocycles. The quantitative estimate of drug-likeness (QED) is 0.442. The summed E-state index contributed by atoms with van der Waals surface area (Å²) in [5, 5.41) is 3.86. The zero-order chi connectivity index (χ0) is 18.9. The molecule has 0 amide bonds.